The number of nitrogens with one attached hydrogen (secondary N) is 2. The molecule has 1 atom stereocenters. The van der Waals surface area contributed by atoms with Gasteiger partial charge in [-0.2, -0.15) is 0 Å². The van der Waals surface area contributed by atoms with Crippen LogP contribution in [0.15, 0.2) is 84.9 Å². The van der Waals surface area contributed by atoms with Crippen LogP contribution in [0.3, 0.4) is 0 Å². The summed E-state index contributed by atoms with van der Waals surface area (Å²) in [6, 6.07) is 23.9. The quantitative estimate of drug-likeness (QED) is 0.473. The number of methoxy groups -OCH3 is 1. The highest BCUT2D eigenvalue weighted by molar-refractivity contribution is 7.80. The summed E-state index contributed by atoms with van der Waals surface area (Å²) >= 11 is 5.57. The van der Waals surface area contributed by atoms with Gasteiger partial charge < -0.3 is 10.1 Å². The van der Waals surface area contributed by atoms with E-state index in [1.807, 2.05) is 30.3 Å². The number of carbonyl (C=O) groups excluding carboxylic acids is 3. The maximum absolute atomic E-state index is 13.4. The third-order valence-electron chi connectivity index (χ3n) is 5.47. The predicted molar refractivity (Wildman–Crippen MR) is 135 cm³/mol. The maximum Gasteiger partial charge on any atom is 0.269 e. The molecule has 3 aromatic carbocycles. The second-order valence-corrected chi connectivity index (χ2v) is 8.23. The Hall–Kier alpha value is -4.24. The minimum absolute atomic E-state index is 0.127. The molecular formula is C26H24N4O4S. The molecule has 4 rings (SSSR count). The van der Waals surface area contributed by atoms with E-state index in [4.69, 9.17) is 17.0 Å². The molecule has 3 amide bonds. The van der Waals surface area contributed by atoms with Crippen molar-refractivity contribution in [2.24, 2.45) is 0 Å². The zero-order valence-electron chi connectivity index (χ0n) is 19.0. The molecule has 1 unspecified atom stereocenters. The van der Waals surface area contributed by atoms with Gasteiger partial charge >= 0.3 is 0 Å². The number of hydrazine groups is 1. The molecule has 1 aliphatic rings. The highest BCUT2D eigenvalue weighted by Crippen LogP contribution is 2.23. The molecule has 0 aromatic heterocycles. The van der Waals surface area contributed by atoms with Crippen LogP contribution in [0.4, 0.5) is 5.69 Å². The van der Waals surface area contributed by atoms with Gasteiger partial charge in [0.15, 0.2) is 5.11 Å². The SMILES string of the molecule is COc1cccc(NC(=O)CC2C(=O)N(Cc3ccccc3)C(=S)N2NC(=O)c2ccccc2)c1. The molecule has 0 spiro atoms. The largest absolute Gasteiger partial charge is 0.497 e. The lowest BCUT2D eigenvalue weighted by atomic mass is 10.1. The number of thiocarbonyl (C=S) groups is 1. The molecule has 0 saturated carbocycles. The van der Waals surface area contributed by atoms with Gasteiger partial charge in [-0.05, 0) is 42.0 Å². The zero-order valence-corrected chi connectivity index (χ0v) is 19.8. The summed E-state index contributed by atoms with van der Waals surface area (Å²) in [6.07, 6.45) is -0.212. The Morgan fingerprint density at radius 1 is 0.971 bits per heavy atom. The molecule has 0 bridgehead atoms. The summed E-state index contributed by atoms with van der Waals surface area (Å²) in [5.74, 6) is -0.611. The fourth-order valence-corrected chi connectivity index (χ4v) is 4.04. The van der Waals surface area contributed by atoms with Gasteiger partial charge in [-0.3, -0.25) is 24.7 Å². The van der Waals surface area contributed by atoms with Crippen LogP contribution in [0.5, 0.6) is 5.75 Å². The Balaban J connectivity index is 1.55. The first-order chi connectivity index (χ1) is 17.0. The number of benzene rings is 3. The van der Waals surface area contributed by atoms with Crippen LogP contribution >= 0.6 is 12.2 Å². The molecular weight excluding hydrogens is 464 g/mol. The van der Waals surface area contributed by atoms with Gasteiger partial charge in [0.2, 0.25) is 5.91 Å². The second kappa shape index (κ2) is 10.8. The summed E-state index contributed by atoms with van der Waals surface area (Å²) in [7, 11) is 1.54. The molecule has 9 heteroatoms. The van der Waals surface area contributed by atoms with Crippen LogP contribution in [0.25, 0.3) is 0 Å². The number of hydrogen-bond acceptors (Lipinski definition) is 5. The lowest BCUT2D eigenvalue weighted by Crippen LogP contribution is -2.49. The first-order valence-electron chi connectivity index (χ1n) is 10.9. The van der Waals surface area contributed by atoms with E-state index in [2.05, 4.69) is 10.7 Å². The number of ether oxygens (including phenoxy) is 1. The number of amides is 3. The van der Waals surface area contributed by atoms with E-state index in [1.54, 1.807) is 54.6 Å². The van der Waals surface area contributed by atoms with Crippen molar-refractivity contribution in [1.82, 2.24) is 15.3 Å². The molecule has 1 aliphatic heterocycles. The van der Waals surface area contributed by atoms with E-state index in [0.29, 0.717) is 17.0 Å². The van der Waals surface area contributed by atoms with E-state index < -0.39 is 17.9 Å². The third kappa shape index (κ3) is 5.64. The predicted octanol–water partition coefficient (Wildman–Crippen LogP) is 3.37. The van der Waals surface area contributed by atoms with Crippen molar-refractivity contribution in [3.8, 4) is 5.75 Å². The van der Waals surface area contributed by atoms with Crippen molar-refractivity contribution in [1.29, 1.82) is 0 Å². The average Bonchev–Trinajstić information content (AvgIpc) is 3.09. The van der Waals surface area contributed by atoms with E-state index in [0.717, 1.165) is 5.56 Å². The molecule has 178 valence electrons. The van der Waals surface area contributed by atoms with E-state index in [-0.39, 0.29) is 24.0 Å². The van der Waals surface area contributed by atoms with Crippen molar-refractivity contribution < 1.29 is 19.1 Å². The molecule has 0 radical (unpaired) electrons. The van der Waals surface area contributed by atoms with Gasteiger partial charge in [-0.1, -0.05) is 54.6 Å². The molecule has 2 N–H and O–H groups in total. The standard InChI is InChI=1S/C26H24N4O4S/c1-34-21-14-8-13-20(15-21)27-23(31)16-22-25(33)29(17-18-9-4-2-5-10-18)26(35)30(22)28-24(32)19-11-6-3-7-12-19/h2-15,22H,16-17H2,1H3,(H,27,31)(H,28,32). The van der Waals surface area contributed by atoms with E-state index >= 15 is 0 Å². The van der Waals surface area contributed by atoms with Crippen molar-refractivity contribution in [3.05, 3.63) is 96.1 Å². The lowest BCUT2D eigenvalue weighted by Gasteiger charge is -2.24. The van der Waals surface area contributed by atoms with Gasteiger partial charge in [0.05, 0.1) is 20.1 Å². The van der Waals surface area contributed by atoms with Crippen LogP contribution in [0, 0.1) is 0 Å². The fourth-order valence-electron chi connectivity index (χ4n) is 3.72. The van der Waals surface area contributed by atoms with Crippen LogP contribution in [-0.2, 0) is 16.1 Å². The molecule has 1 fully saturated rings. The topological polar surface area (TPSA) is 91.0 Å². The Bertz CT molecular complexity index is 1240. The summed E-state index contributed by atoms with van der Waals surface area (Å²) in [5, 5.41) is 4.21. The van der Waals surface area contributed by atoms with Crippen molar-refractivity contribution in [2.75, 3.05) is 12.4 Å². The molecule has 1 heterocycles. The van der Waals surface area contributed by atoms with Crippen LogP contribution < -0.4 is 15.5 Å². The van der Waals surface area contributed by atoms with Crippen molar-refractivity contribution >= 4 is 40.7 Å². The summed E-state index contributed by atoms with van der Waals surface area (Å²) in [4.78, 5) is 40.5. The number of nitrogens with zero attached hydrogens (tertiary/aromatic N) is 2. The van der Waals surface area contributed by atoms with Crippen LogP contribution in [0.1, 0.15) is 22.3 Å². The average molecular weight is 489 g/mol. The Labute approximate surface area is 208 Å². The number of anilines is 1. The Morgan fingerprint density at radius 2 is 1.66 bits per heavy atom. The molecule has 8 nitrogen and oxygen atoms in total. The number of carbonyl (C=O) groups is 3. The van der Waals surface area contributed by atoms with E-state index in [9.17, 15) is 14.4 Å². The summed E-state index contributed by atoms with van der Waals surface area (Å²) in [5.41, 5.74) is 4.53. The van der Waals surface area contributed by atoms with E-state index in [1.165, 1.54) is 17.0 Å². The van der Waals surface area contributed by atoms with Crippen LogP contribution in [-0.4, -0.2) is 45.9 Å². The smallest absolute Gasteiger partial charge is 0.269 e. The zero-order chi connectivity index (χ0) is 24.8. The Kier molecular flexibility index (Phi) is 7.37. The van der Waals surface area contributed by atoms with Gasteiger partial charge in [0.1, 0.15) is 11.8 Å². The minimum atomic E-state index is -0.996. The lowest BCUT2D eigenvalue weighted by molar-refractivity contribution is -0.131. The van der Waals surface area contributed by atoms with Crippen LogP contribution in [0.2, 0.25) is 0 Å². The first kappa shape index (κ1) is 23.9. The number of hydrogen-bond donors (Lipinski definition) is 2. The monoisotopic (exact) mass is 488 g/mol. The van der Waals surface area contributed by atoms with Crippen molar-refractivity contribution in [3.63, 3.8) is 0 Å². The van der Waals surface area contributed by atoms with Gasteiger partial charge in [0, 0.05) is 17.3 Å². The normalized spacial score (nSPS) is 15.2. The van der Waals surface area contributed by atoms with Crippen molar-refractivity contribution in [2.45, 2.75) is 19.0 Å². The molecule has 35 heavy (non-hydrogen) atoms. The highest BCUT2D eigenvalue weighted by Gasteiger charge is 2.44. The second-order valence-electron chi connectivity index (χ2n) is 7.87. The Morgan fingerprint density at radius 3 is 2.34 bits per heavy atom. The fraction of sp³-hybridized carbons (Fsp3) is 0.154. The summed E-state index contributed by atoms with van der Waals surface area (Å²) < 4.78 is 5.19. The molecule has 1 saturated heterocycles. The minimum Gasteiger partial charge on any atom is -0.497 e. The summed E-state index contributed by atoms with van der Waals surface area (Å²) in [6.45, 7) is 0.226. The van der Waals surface area contributed by atoms with Gasteiger partial charge in [-0.15, -0.1) is 0 Å². The molecule has 0 aliphatic carbocycles. The van der Waals surface area contributed by atoms with Gasteiger partial charge in [-0.25, -0.2) is 5.01 Å². The maximum atomic E-state index is 13.4. The highest BCUT2D eigenvalue weighted by atomic mass is 32.1. The first-order valence-corrected chi connectivity index (χ1v) is 11.4. The number of rotatable bonds is 8. The third-order valence-corrected chi connectivity index (χ3v) is 5.89. The molecule has 3 aromatic rings. The van der Waals surface area contributed by atoms with Gasteiger partial charge in [0.25, 0.3) is 11.8 Å².